The Labute approximate surface area is 91.0 Å². The number of carbonyl (C=O) groups excluding carboxylic acids is 1. The molecule has 0 fully saturated rings. The third-order valence-electron chi connectivity index (χ3n) is 1.86. The summed E-state index contributed by atoms with van der Waals surface area (Å²) in [7, 11) is 0. The predicted molar refractivity (Wildman–Crippen MR) is 61.6 cm³/mol. The van der Waals surface area contributed by atoms with Crippen LogP contribution in [0.25, 0.3) is 0 Å². The van der Waals surface area contributed by atoms with Crippen LogP contribution in [0.4, 0.5) is 0 Å². The molecule has 0 spiro atoms. The van der Waals surface area contributed by atoms with E-state index in [1.165, 1.54) is 0 Å². The van der Waals surface area contributed by atoms with Crippen LogP contribution in [0.3, 0.4) is 0 Å². The van der Waals surface area contributed by atoms with Gasteiger partial charge in [-0.25, -0.2) is 0 Å². The number of carbonyl (C=O) groups is 1. The number of hydrogen-bond acceptors (Lipinski definition) is 4. The van der Waals surface area contributed by atoms with Gasteiger partial charge in [-0.3, -0.25) is 4.79 Å². The molecule has 0 bridgehead atoms. The molecule has 0 aromatic rings. The lowest BCUT2D eigenvalue weighted by Gasteiger charge is -2.15. The SMILES string of the molecule is CCOC(=O)C(C)NCC(C)CSC. The monoisotopic (exact) mass is 219 g/mol. The predicted octanol–water partition coefficient (Wildman–Crippen LogP) is 1.53. The minimum absolute atomic E-state index is 0.163. The molecule has 2 atom stereocenters. The van der Waals surface area contributed by atoms with Crippen molar-refractivity contribution in [1.29, 1.82) is 0 Å². The fraction of sp³-hybridized carbons (Fsp3) is 0.900. The van der Waals surface area contributed by atoms with Crippen LogP contribution in [-0.4, -0.2) is 37.2 Å². The number of ether oxygens (including phenoxy) is 1. The van der Waals surface area contributed by atoms with Crippen LogP contribution in [0.2, 0.25) is 0 Å². The van der Waals surface area contributed by atoms with Crippen molar-refractivity contribution in [1.82, 2.24) is 5.32 Å². The highest BCUT2D eigenvalue weighted by Gasteiger charge is 2.13. The van der Waals surface area contributed by atoms with Gasteiger partial charge in [0.05, 0.1) is 6.61 Å². The van der Waals surface area contributed by atoms with Crippen molar-refractivity contribution in [3.8, 4) is 0 Å². The van der Waals surface area contributed by atoms with Crippen LogP contribution in [0.15, 0.2) is 0 Å². The third-order valence-corrected chi connectivity index (χ3v) is 2.77. The van der Waals surface area contributed by atoms with E-state index in [2.05, 4.69) is 18.5 Å². The Bertz CT molecular complexity index is 164. The van der Waals surface area contributed by atoms with E-state index in [1.807, 2.05) is 25.6 Å². The lowest BCUT2D eigenvalue weighted by molar-refractivity contribution is -0.145. The van der Waals surface area contributed by atoms with Gasteiger partial charge < -0.3 is 10.1 Å². The van der Waals surface area contributed by atoms with Gasteiger partial charge in [-0.2, -0.15) is 11.8 Å². The summed E-state index contributed by atoms with van der Waals surface area (Å²) < 4.78 is 4.89. The zero-order chi connectivity index (χ0) is 11.0. The molecule has 1 N–H and O–H groups in total. The number of hydrogen-bond donors (Lipinski definition) is 1. The largest absolute Gasteiger partial charge is 0.465 e. The average molecular weight is 219 g/mol. The van der Waals surface area contributed by atoms with Gasteiger partial charge in [0, 0.05) is 0 Å². The van der Waals surface area contributed by atoms with Crippen molar-refractivity contribution < 1.29 is 9.53 Å². The fourth-order valence-corrected chi connectivity index (χ4v) is 1.76. The molecule has 0 saturated carbocycles. The molecular weight excluding hydrogens is 198 g/mol. The molecule has 4 heteroatoms. The van der Waals surface area contributed by atoms with Crippen molar-refractivity contribution in [2.24, 2.45) is 5.92 Å². The zero-order valence-corrected chi connectivity index (χ0v) is 10.3. The van der Waals surface area contributed by atoms with E-state index in [-0.39, 0.29) is 12.0 Å². The maximum absolute atomic E-state index is 11.2. The summed E-state index contributed by atoms with van der Waals surface area (Å²) in [4.78, 5) is 11.2. The molecule has 0 aliphatic rings. The summed E-state index contributed by atoms with van der Waals surface area (Å²) in [6.07, 6.45) is 2.09. The second kappa shape index (κ2) is 8.12. The first-order valence-electron chi connectivity index (χ1n) is 5.00. The summed E-state index contributed by atoms with van der Waals surface area (Å²) >= 11 is 1.82. The zero-order valence-electron chi connectivity index (χ0n) is 9.50. The van der Waals surface area contributed by atoms with Crippen molar-refractivity contribution in [3.63, 3.8) is 0 Å². The quantitative estimate of drug-likeness (QED) is 0.659. The van der Waals surface area contributed by atoms with Crippen LogP contribution in [0.1, 0.15) is 20.8 Å². The van der Waals surface area contributed by atoms with E-state index in [0.29, 0.717) is 12.5 Å². The van der Waals surface area contributed by atoms with E-state index in [4.69, 9.17) is 4.74 Å². The van der Waals surface area contributed by atoms with Crippen molar-refractivity contribution in [2.75, 3.05) is 25.2 Å². The molecule has 0 aliphatic heterocycles. The van der Waals surface area contributed by atoms with Gasteiger partial charge in [0.2, 0.25) is 0 Å². The Morgan fingerprint density at radius 3 is 2.64 bits per heavy atom. The summed E-state index contributed by atoms with van der Waals surface area (Å²) in [5.74, 6) is 1.54. The standard InChI is InChI=1S/C10H21NO2S/c1-5-13-10(12)9(3)11-6-8(2)7-14-4/h8-9,11H,5-7H2,1-4H3. The van der Waals surface area contributed by atoms with Gasteiger partial charge in [0.25, 0.3) is 0 Å². The van der Waals surface area contributed by atoms with E-state index >= 15 is 0 Å². The number of esters is 1. The Hall–Kier alpha value is -0.220. The molecule has 0 amide bonds. The first-order valence-corrected chi connectivity index (χ1v) is 6.40. The molecular formula is C10H21NO2S. The molecule has 0 aromatic carbocycles. The third kappa shape index (κ3) is 6.27. The topological polar surface area (TPSA) is 38.3 Å². The van der Waals surface area contributed by atoms with Crippen LogP contribution in [-0.2, 0) is 9.53 Å². The Morgan fingerprint density at radius 2 is 2.14 bits per heavy atom. The van der Waals surface area contributed by atoms with Gasteiger partial charge in [-0.15, -0.1) is 0 Å². The molecule has 84 valence electrons. The summed E-state index contributed by atoms with van der Waals surface area (Å²) in [6.45, 7) is 7.14. The van der Waals surface area contributed by atoms with Crippen molar-refractivity contribution in [3.05, 3.63) is 0 Å². The minimum Gasteiger partial charge on any atom is -0.465 e. The van der Waals surface area contributed by atoms with Crippen LogP contribution < -0.4 is 5.32 Å². The van der Waals surface area contributed by atoms with Crippen molar-refractivity contribution >= 4 is 17.7 Å². The highest BCUT2D eigenvalue weighted by molar-refractivity contribution is 7.98. The van der Waals surface area contributed by atoms with Gasteiger partial charge in [0.15, 0.2) is 0 Å². The van der Waals surface area contributed by atoms with Gasteiger partial charge in [0.1, 0.15) is 6.04 Å². The molecule has 0 rings (SSSR count). The van der Waals surface area contributed by atoms with Crippen LogP contribution in [0, 0.1) is 5.92 Å². The normalized spacial score (nSPS) is 14.9. The van der Waals surface area contributed by atoms with E-state index in [9.17, 15) is 4.79 Å². The van der Waals surface area contributed by atoms with E-state index in [1.54, 1.807) is 0 Å². The molecule has 0 aromatic heterocycles. The summed E-state index contributed by atoms with van der Waals surface area (Å²) in [5.41, 5.74) is 0. The number of rotatable bonds is 7. The van der Waals surface area contributed by atoms with Crippen molar-refractivity contribution in [2.45, 2.75) is 26.8 Å². The molecule has 2 unspecified atom stereocenters. The lowest BCUT2D eigenvalue weighted by Crippen LogP contribution is -2.38. The molecule has 3 nitrogen and oxygen atoms in total. The first-order chi connectivity index (χ1) is 6.61. The van der Waals surface area contributed by atoms with Crippen LogP contribution in [0.5, 0.6) is 0 Å². The van der Waals surface area contributed by atoms with Gasteiger partial charge in [-0.05, 0) is 38.3 Å². The van der Waals surface area contributed by atoms with E-state index < -0.39 is 0 Å². The Morgan fingerprint density at radius 1 is 1.50 bits per heavy atom. The Balaban J connectivity index is 3.61. The van der Waals surface area contributed by atoms with E-state index in [0.717, 1.165) is 12.3 Å². The maximum Gasteiger partial charge on any atom is 0.322 e. The lowest BCUT2D eigenvalue weighted by atomic mass is 10.2. The molecule has 0 radical (unpaired) electrons. The second-order valence-corrected chi connectivity index (χ2v) is 4.35. The highest BCUT2D eigenvalue weighted by atomic mass is 32.2. The van der Waals surface area contributed by atoms with Gasteiger partial charge in [-0.1, -0.05) is 6.92 Å². The van der Waals surface area contributed by atoms with Gasteiger partial charge >= 0.3 is 5.97 Å². The first kappa shape index (κ1) is 13.8. The smallest absolute Gasteiger partial charge is 0.322 e. The highest BCUT2D eigenvalue weighted by Crippen LogP contribution is 2.03. The maximum atomic E-state index is 11.2. The van der Waals surface area contributed by atoms with Crippen LogP contribution >= 0.6 is 11.8 Å². The fourth-order valence-electron chi connectivity index (χ4n) is 1.07. The molecule has 0 saturated heterocycles. The molecule has 0 heterocycles. The Kier molecular flexibility index (Phi) is 7.99. The summed E-state index contributed by atoms with van der Waals surface area (Å²) in [6, 6.07) is -0.195. The number of nitrogens with one attached hydrogen (secondary N) is 1. The second-order valence-electron chi connectivity index (χ2n) is 3.44. The summed E-state index contributed by atoms with van der Waals surface area (Å²) in [5, 5.41) is 3.16. The number of thioether (sulfide) groups is 1. The average Bonchev–Trinajstić information content (AvgIpc) is 2.15. The molecule has 0 aliphatic carbocycles. The minimum atomic E-state index is -0.195. The molecule has 14 heavy (non-hydrogen) atoms.